The van der Waals surface area contributed by atoms with Crippen molar-refractivity contribution in [2.75, 3.05) is 0 Å². The van der Waals surface area contributed by atoms with Gasteiger partial charge in [0.25, 0.3) is 0 Å². The highest BCUT2D eigenvalue weighted by Crippen LogP contribution is 2.00. The van der Waals surface area contributed by atoms with Crippen LogP contribution in [-0.4, -0.2) is 16.9 Å². The first-order valence-electron chi connectivity index (χ1n) is 4.51. The van der Waals surface area contributed by atoms with Gasteiger partial charge in [-0.25, -0.2) is 4.98 Å². The smallest absolute Gasteiger partial charge is 0.234 e. The number of rotatable bonds is 4. The zero-order valence-electron chi connectivity index (χ0n) is 8.40. The van der Waals surface area contributed by atoms with Crippen molar-refractivity contribution in [3.63, 3.8) is 0 Å². The molecule has 5 heteroatoms. The topological polar surface area (TPSA) is 91.8 Å². The van der Waals surface area contributed by atoms with Crippen LogP contribution in [-0.2, 0) is 11.3 Å². The van der Waals surface area contributed by atoms with E-state index in [9.17, 15) is 4.79 Å². The van der Waals surface area contributed by atoms with Crippen LogP contribution in [0.15, 0.2) is 18.3 Å². The summed E-state index contributed by atoms with van der Waals surface area (Å²) in [5.74, 6) is -0.399. The summed E-state index contributed by atoms with van der Waals surface area (Å²) in [5.41, 5.74) is 6.35. The fourth-order valence-corrected chi connectivity index (χ4v) is 1.02. The van der Waals surface area contributed by atoms with Crippen LogP contribution in [0.5, 0.6) is 0 Å². The Morgan fingerprint density at radius 2 is 2.53 bits per heavy atom. The molecule has 1 unspecified atom stereocenters. The molecule has 3 N–H and O–H groups in total. The van der Waals surface area contributed by atoms with Gasteiger partial charge in [0, 0.05) is 12.7 Å². The largest absolute Gasteiger partial charge is 0.368 e. The molecule has 0 saturated heterocycles. The van der Waals surface area contributed by atoms with Crippen LogP contribution in [0.1, 0.15) is 18.2 Å². The van der Waals surface area contributed by atoms with Crippen molar-refractivity contribution in [1.29, 1.82) is 5.26 Å². The third kappa shape index (κ3) is 3.37. The number of hydrogen-bond acceptors (Lipinski definition) is 4. The summed E-state index contributed by atoms with van der Waals surface area (Å²) in [5, 5.41) is 11.6. The van der Waals surface area contributed by atoms with E-state index in [1.807, 2.05) is 6.07 Å². The van der Waals surface area contributed by atoms with Gasteiger partial charge in [0.1, 0.15) is 11.8 Å². The number of nitrogens with zero attached hydrogens (tertiary/aromatic N) is 2. The van der Waals surface area contributed by atoms with Gasteiger partial charge in [-0.1, -0.05) is 0 Å². The van der Waals surface area contributed by atoms with E-state index >= 15 is 0 Å². The van der Waals surface area contributed by atoms with E-state index in [1.165, 1.54) is 0 Å². The van der Waals surface area contributed by atoms with Crippen molar-refractivity contribution in [2.45, 2.75) is 19.5 Å². The number of carbonyl (C=O) groups excluding carboxylic acids is 1. The molecule has 1 aromatic heterocycles. The number of amides is 1. The first-order valence-corrected chi connectivity index (χ1v) is 4.51. The Bertz CT molecular complexity index is 397. The predicted molar refractivity (Wildman–Crippen MR) is 54.4 cm³/mol. The van der Waals surface area contributed by atoms with Crippen molar-refractivity contribution >= 4 is 5.91 Å². The summed E-state index contributed by atoms with van der Waals surface area (Å²) >= 11 is 0. The first-order chi connectivity index (χ1) is 7.13. The zero-order valence-corrected chi connectivity index (χ0v) is 8.40. The molecule has 0 aliphatic carbocycles. The van der Waals surface area contributed by atoms with Crippen molar-refractivity contribution in [3.8, 4) is 6.07 Å². The van der Waals surface area contributed by atoms with Gasteiger partial charge in [0.2, 0.25) is 5.91 Å². The van der Waals surface area contributed by atoms with Gasteiger partial charge in [-0.15, -0.1) is 0 Å². The Labute approximate surface area is 87.9 Å². The van der Waals surface area contributed by atoms with Gasteiger partial charge in [-0.2, -0.15) is 5.26 Å². The quantitative estimate of drug-likeness (QED) is 0.717. The summed E-state index contributed by atoms with van der Waals surface area (Å²) in [7, 11) is 0. The third-order valence-electron chi connectivity index (χ3n) is 1.98. The second-order valence-electron chi connectivity index (χ2n) is 3.17. The Morgan fingerprint density at radius 3 is 3.13 bits per heavy atom. The van der Waals surface area contributed by atoms with E-state index in [4.69, 9.17) is 11.0 Å². The Hall–Kier alpha value is -1.93. The van der Waals surface area contributed by atoms with Gasteiger partial charge in [-0.3, -0.25) is 4.79 Å². The molecule has 0 saturated carbocycles. The molecule has 1 amide bonds. The Balaban J connectivity index is 2.58. The molecule has 1 atom stereocenters. The lowest BCUT2D eigenvalue weighted by Crippen LogP contribution is -2.38. The normalized spacial score (nSPS) is 11.7. The van der Waals surface area contributed by atoms with Gasteiger partial charge < -0.3 is 11.1 Å². The Morgan fingerprint density at radius 1 is 1.80 bits per heavy atom. The Kier molecular flexibility index (Phi) is 3.77. The fraction of sp³-hybridized carbons (Fsp3) is 0.300. The van der Waals surface area contributed by atoms with Crippen LogP contribution in [0.3, 0.4) is 0 Å². The standard InChI is InChI=1S/C10H12N4O/c1-7(10(12)15)14-6-8-2-3-13-9(4-8)5-11/h2-4,7,14H,6H2,1H3,(H2,12,15). The maximum atomic E-state index is 10.7. The number of carbonyl (C=O) groups is 1. The summed E-state index contributed by atoms with van der Waals surface area (Å²) in [6, 6.07) is 5.01. The number of pyridine rings is 1. The maximum Gasteiger partial charge on any atom is 0.234 e. The number of nitrogens with one attached hydrogen (secondary N) is 1. The number of primary amides is 1. The minimum atomic E-state index is -0.399. The van der Waals surface area contributed by atoms with E-state index in [0.717, 1.165) is 5.56 Å². The van der Waals surface area contributed by atoms with E-state index in [-0.39, 0.29) is 6.04 Å². The lowest BCUT2D eigenvalue weighted by atomic mass is 10.2. The minimum absolute atomic E-state index is 0.362. The molecular formula is C10H12N4O. The molecule has 0 aliphatic heterocycles. The summed E-state index contributed by atoms with van der Waals surface area (Å²) in [6.45, 7) is 2.18. The molecule has 5 nitrogen and oxygen atoms in total. The van der Waals surface area contributed by atoms with Gasteiger partial charge in [0.15, 0.2) is 0 Å². The number of aromatic nitrogens is 1. The molecule has 0 fully saturated rings. The van der Waals surface area contributed by atoms with Crippen molar-refractivity contribution in [2.24, 2.45) is 5.73 Å². The van der Waals surface area contributed by atoms with E-state index in [1.54, 1.807) is 25.3 Å². The van der Waals surface area contributed by atoms with Crippen LogP contribution < -0.4 is 11.1 Å². The number of nitriles is 1. The van der Waals surface area contributed by atoms with Crippen LogP contribution in [0.25, 0.3) is 0 Å². The molecule has 0 spiro atoms. The van der Waals surface area contributed by atoms with Crippen molar-refractivity contribution in [3.05, 3.63) is 29.6 Å². The molecule has 1 heterocycles. The van der Waals surface area contributed by atoms with Gasteiger partial charge in [-0.05, 0) is 24.6 Å². The first kappa shape index (κ1) is 11.1. The maximum absolute atomic E-state index is 10.7. The van der Waals surface area contributed by atoms with E-state index in [0.29, 0.717) is 12.2 Å². The summed E-state index contributed by atoms with van der Waals surface area (Å²) in [6.07, 6.45) is 1.56. The molecule has 0 aromatic carbocycles. The monoisotopic (exact) mass is 204 g/mol. The average Bonchev–Trinajstić information content (AvgIpc) is 2.26. The molecule has 0 aliphatic rings. The highest BCUT2D eigenvalue weighted by atomic mass is 16.1. The predicted octanol–water partition coefficient (Wildman–Crippen LogP) is -0.0833. The van der Waals surface area contributed by atoms with Crippen LogP contribution in [0.4, 0.5) is 0 Å². The summed E-state index contributed by atoms with van der Waals surface area (Å²) in [4.78, 5) is 14.6. The van der Waals surface area contributed by atoms with Crippen molar-refractivity contribution < 1.29 is 4.79 Å². The van der Waals surface area contributed by atoms with Crippen LogP contribution in [0, 0.1) is 11.3 Å². The average molecular weight is 204 g/mol. The van der Waals surface area contributed by atoms with Crippen LogP contribution >= 0.6 is 0 Å². The fourth-order valence-electron chi connectivity index (χ4n) is 1.02. The molecule has 1 rings (SSSR count). The van der Waals surface area contributed by atoms with Crippen LogP contribution in [0.2, 0.25) is 0 Å². The van der Waals surface area contributed by atoms with Crippen molar-refractivity contribution in [1.82, 2.24) is 10.3 Å². The summed E-state index contributed by atoms with van der Waals surface area (Å²) < 4.78 is 0. The number of nitrogens with two attached hydrogens (primary N) is 1. The lowest BCUT2D eigenvalue weighted by molar-refractivity contribution is -0.119. The highest BCUT2D eigenvalue weighted by Gasteiger charge is 2.07. The highest BCUT2D eigenvalue weighted by molar-refractivity contribution is 5.79. The number of hydrogen-bond donors (Lipinski definition) is 2. The molecule has 1 aromatic rings. The SMILES string of the molecule is CC(NCc1ccnc(C#N)c1)C(N)=O. The minimum Gasteiger partial charge on any atom is -0.368 e. The molecule has 0 bridgehead atoms. The van der Waals surface area contributed by atoms with E-state index in [2.05, 4.69) is 10.3 Å². The molecule has 78 valence electrons. The van der Waals surface area contributed by atoms with Gasteiger partial charge >= 0.3 is 0 Å². The second kappa shape index (κ2) is 5.08. The molecular weight excluding hydrogens is 192 g/mol. The second-order valence-corrected chi connectivity index (χ2v) is 3.17. The third-order valence-corrected chi connectivity index (χ3v) is 1.98. The lowest BCUT2D eigenvalue weighted by Gasteiger charge is -2.09. The van der Waals surface area contributed by atoms with Gasteiger partial charge in [0.05, 0.1) is 6.04 Å². The van der Waals surface area contributed by atoms with E-state index < -0.39 is 5.91 Å². The molecule has 0 radical (unpaired) electrons. The zero-order chi connectivity index (χ0) is 11.3. The molecule has 15 heavy (non-hydrogen) atoms.